The molecule has 2 aromatic rings. The molecule has 1 aliphatic carbocycles. The van der Waals surface area contributed by atoms with E-state index in [-0.39, 0.29) is 24.0 Å². The van der Waals surface area contributed by atoms with Gasteiger partial charge < -0.3 is 14.6 Å². The second kappa shape index (κ2) is 11.7. The quantitative estimate of drug-likeness (QED) is 0.757. The summed E-state index contributed by atoms with van der Waals surface area (Å²) in [5.74, 6) is 0.463. The number of benzene rings is 1. The van der Waals surface area contributed by atoms with Gasteiger partial charge in [0.15, 0.2) is 0 Å². The molecule has 0 radical (unpaired) electrons. The summed E-state index contributed by atoms with van der Waals surface area (Å²) >= 11 is 0. The van der Waals surface area contributed by atoms with Gasteiger partial charge in [0.1, 0.15) is 17.1 Å². The first-order valence-corrected chi connectivity index (χ1v) is 11.2. The predicted molar refractivity (Wildman–Crippen MR) is 119 cm³/mol. The van der Waals surface area contributed by atoms with Crippen molar-refractivity contribution in [2.24, 2.45) is 4.99 Å². The normalized spacial score (nSPS) is 18.6. The molecule has 2 bridgehead atoms. The van der Waals surface area contributed by atoms with Crippen LogP contribution in [0.3, 0.4) is 0 Å². The molecule has 1 aromatic carbocycles. The molecule has 0 saturated carbocycles. The van der Waals surface area contributed by atoms with Crippen LogP contribution >= 0.6 is 0 Å². The first kappa shape index (κ1) is 22.3. The number of fused-ring (bicyclic) bond motifs is 12. The van der Waals surface area contributed by atoms with Gasteiger partial charge in [0.05, 0.1) is 18.4 Å². The van der Waals surface area contributed by atoms with Crippen molar-refractivity contribution in [3.8, 4) is 5.75 Å². The van der Waals surface area contributed by atoms with Crippen LogP contribution in [0.25, 0.3) is 0 Å². The Bertz CT molecular complexity index is 872. The summed E-state index contributed by atoms with van der Waals surface area (Å²) in [6, 6.07) is 11.1. The molecule has 0 fully saturated rings. The van der Waals surface area contributed by atoms with Gasteiger partial charge in [-0.25, -0.2) is 4.79 Å². The number of aryl methyl sites for hydroxylation is 1. The van der Waals surface area contributed by atoms with Crippen molar-refractivity contribution < 1.29 is 14.6 Å². The smallest absolute Gasteiger partial charge is 0.348 e. The molecule has 2 heterocycles. The maximum atomic E-state index is 12.7. The highest BCUT2D eigenvalue weighted by Gasteiger charge is 2.19. The van der Waals surface area contributed by atoms with Crippen LogP contribution < -0.4 is 5.63 Å². The lowest BCUT2D eigenvalue weighted by Crippen LogP contribution is -2.21. The van der Waals surface area contributed by atoms with Gasteiger partial charge in [-0.3, -0.25) is 4.99 Å². The average molecular weight is 412 g/mol. The van der Waals surface area contributed by atoms with Crippen molar-refractivity contribution in [1.82, 2.24) is 0 Å². The van der Waals surface area contributed by atoms with Crippen LogP contribution in [0, 0.1) is 0 Å². The van der Waals surface area contributed by atoms with Gasteiger partial charge in [-0.2, -0.15) is 0 Å². The molecule has 162 valence electrons. The monoisotopic (exact) mass is 411 g/mol. The van der Waals surface area contributed by atoms with Gasteiger partial charge in [-0.15, -0.1) is 0 Å². The SMILES string of the molecule is O=c1oc2cc(O)c1C(=N[C@H](CO)Cc1ccccc1)CCCCCCCCCC2. The lowest BCUT2D eigenvalue weighted by Gasteiger charge is -2.14. The maximum Gasteiger partial charge on any atom is 0.348 e. The van der Waals surface area contributed by atoms with Gasteiger partial charge in [-0.05, 0) is 31.2 Å². The van der Waals surface area contributed by atoms with E-state index < -0.39 is 5.63 Å². The molecule has 5 nitrogen and oxygen atoms in total. The topological polar surface area (TPSA) is 83.0 Å². The summed E-state index contributed by atoms with van der Waals surface area (Å²) in [4.78, 5) is 17.5. The van der Waals surface area contributed by atoms with Crippen LogP contribution in [-0.4, -0.2) is 28.6 Å². The molecule has 2 N–H and O–H groups in total. The molecular formula is C25H33NO4. The molecule has 0 spiro atoms. The Kier molecular flexibility index (Phi) is 8.69. The van der Waals surface area contributed by atoms with E-state index >= 15 is 0 Å². The Balaban J connectivity index is 1.91. The molecule has 5 heteroatoms. The molecule has 1 aromatic heterocycles. The Morgan fingerprint density at radius 1 is 0.933 bits per heavy atom. The van der Waals surface area contributed by atoms with Crippen molar-refractivity contribution >= 4 is 5.71 Å². The van der Waals surface area contributed by atoms with Crippen LogP contribution in [0.4, 0.5) is 0 Å². The number of aliphatic imine (C=N–C) groups is 1. The highest BCUT2D eigenvalue weighted by Crippen LogP contribution is 2.22. The van der Waals surface area contributed by atoms with E-state index in [1.54, 1.807) is 6.07 Å². The van der Waals surface area contributed by atoms with Crippen LogP contribution in [-0.2, 0) is 12.8 Å². The van der Waals surface area contributed by atoms with E-state index in [9.17, 15) is 15.0 Å². The molecule has 0 unspecified atom stereocenters. The van der Waals surface area contributed by atoms with E-state index in [4.69, 9.17) is 9.41 Å². The fourth-order valence-corrected chi connectivity index (χ4v) is 4.08. The Hall–Kier alpha value is -2.40. The largest absolute Gasteiger partial charge is 0.507 e. The second-order valence-corrected chi connectivity index (χ2v) is 8.19. The molecule has 4 rings (SSSR count). The lowest BCUT2D eigenvalue weighted by atomic mass is 10.0. The van der Waals surface area contributed by atoms with Crippen LogP contribution in [0.15, 0.2) is 50.6 Å². The number of aliphatic hydroxyl groups is 1. The number of aromatic hydroxyl groups is 1. The van der Waals surface area contributed by atoms with Crippen molar-refractivity contribution in [2.75, 3.05) is 6.61 Å². The number of hydrogen-bond acceptors (Lipinski definition) is 5. The summed E-state index contributed by atoms with van der Waals surface area (Å²) in [7, 11) is 0. The average Bonchev–Trinajstić information content (AvgIpc) is 2.75. The zero-order chi connectivity index (χ0) is 21.2. The predicted octanol–water partition coefficient (Wildman–Crippen LogP) is 4.81. The minimum absolute atomic E-state index is 0.0636. The summed E-state index contributed by atoms with van der Waals surface area (Å²) in [5, 5.41) is 20.6. The molecule has 2 aliphatic rings. The first-order chi connectivity index (χ1) is 14.7. The third kappa shape index (κ3) is 6.56. The van der Waals surface area contributed by atoms with Gasteiger partial charge >= 0.3 is 5.63 Å². The summed E-state index contributed by atoms with van der Waals surface area (Å²) in [6.07, 6.45) is 10.6. The molecule has 1 aliphatic heterocycles. The third-order valence-electron chi connectivity index (χ3n) is 5.72. The van der Waals surface area contributed by atoms with Crippen molar-refractivity contribution in [1.29, 1.82) is 0 Å². The van der Waals surface area contributed by atoms with Crippen LogP contribution in [0.1, 0.15) is 74.7 Å². The molecule has 0 saturated heterocycles. The van der Waals surface area contributed by atoms with Crippen LogP contribution in [0.5, 0.6) is 5.75 Å². The molecular weight excluding hydrogens is 378 g/mol. The minimum Gasteiger partial charge on any atom is -0.507 e. The van der Waals surface area contributed by atoms with Crippen molar-refractivity contribution in [2.45, 2.75) is 76.7 Å². The Morgan fingerprint density at radius 2 is 1.57 bits per heavy atom. The lowest BCUT2D eigenvalue weighted by molar-refractivity contribution is 0.266. The van der Waals surface area contributed by atoms with E-state index in [1.165, 1.54) is 25.7 Å². The zero-order valence-electron chi connectivity index (χ0n) is 17.7. The molecule has 1 atom stereocenters. The number of rotatable bonds is 4. The second-order valence-electron chi connectivity index (χ2n) is 8.19. The summed E-state index contributed by atoms with van der Waals surface area (Å²) in [6.45, 7) is -0.122. The highest BCUT2D eigenvalue weighted by molar-refractivity contribution is 6.02. The highest BCUT2D eigenvalue weighted by atomic mass is 16.4. The van der Waals surface area contributed by atoms with Gasteiger partial charge in [-0.1, -0.05) is 68.9 Å². The fourth-order valence-electron chi connectivity index (χ4n) is 4.08. The van der Waals surface area contributed by atoms with E-state index in [1.807, 2.05) is 30.3 Å². The van der Waals surface area contributed by atoms with Crippen molar-refractivity contribution in [3.63, 3.8) is 0 Å². The number of hydrogen-bond donors (Lipinski definition) is 2. The summed E-state index contributed by atoms with van der Waals surface area (Å²) in [5.41, 5.74) is 1.23. The molecule has 30 heavy (non-hydrogen) atoms. The standard InChI is InChI=1S/C25H33NO4/c27-18-20(16-19-12-8-7-9-13-19)26-22-15-11-6-4-2-1-3-5-10-14-21-17-23(28)24(22)25(29)30-21/h7-9,12-13,17,20,27-28H,1-6,10-11,14-16,18H2/t20-/m0/s1. The Labute approximate surface area is 178 Å². The minimum atomic E-state index is -0.532. The van der Waals surface area contributed by atoms with Gasteiger partial charge in [0, 0.05) is 12.5 Å². The van der Waals surface area contributed by atoms with Crippen LogP contribution in [0.2, 0.25) is 0 Å². The first-order valence-electron chi connectivity index (χ1n) is 11.2. The fraction of sp³-hybridized carbons (Fsp3) is 0.520. The van der Waals surface area contributed by atoms with Crippen molar-refractivity contribution in [3.05, 3.63) is 63.7 Å². The van der Waals surface area contributed by atoms with Gasteiger partial charge in [0.2, 0.25) is 0 Å². The Morgan fingerprint density at radius 3 is 2.20 bits per heavy atom. The van der Waals surface area contributed by atoms with Gasteiger partial charge in [0.25, 0.3) is 0 Å². The molecule has 0 amide bonds. The van der Waals surface area contributed by atoms with E-state index in [2.05, 4.69) is 0 Å². The third-order valence-corrected chi connectivity index (χ3v) is 5.72. The number of nitrogens with zero attached hydrogens (tertiary/aromatic N) is 1. The van der Waals surface area contributed by atoms with E-state index in [0.717, 1.165) is 31.2 Å². The maximum absolute atomic E-state index is 12.7. The summed E-state index contributed by atoms with van der Waals surface area (Å²) < 4.78 is 5.52. The number of aliphatic hydroxyl groups excluding tert-OH is 1. The van der Waals surface area contributed by atoms with E-state index in [0.29, 0.717) is 30.7 Å². The zero-order valence-corrected chi connectivity index (χ0v) is 17.7.